The Labute approximate surface area is 113 Å². The SMILES string of the molecule is COC(CN)C(=O)NCc1csc(Br)c1.Cl. The second-order valence-corrected chi connectivity index (χ2v) is 5.23. The van der Waals surface area contributed by atoms with Gasteiger partial charge in [-0.05, 0) is 32.9 Å². The molecule has 1 aromatic heterocycles. The van der Waals surface area contributed by atoms with Gasteiger partial charge in [-0.15, -0.1) is 23.7 Å². The van der Waals surface area contributed by atoms with Crippen LogP contribution < -0.4 is 11.1 Å². The number of carbonyl (C=O) groups excluding carboxylic acids is 1. The molecule has 1 heterocycles. The van der Waals surface area contributed by atoms with Gasteiger partial charge in [0.1, 0.15) is 6.10 Å². The van der Waals surface area contributed by atoms with E-state index in [1.165, 1.54) is 7.11 Å². The van der Waals surface area contributed by atoms with Gasteiger partial charge in [-0.1, -0.05) is 0 Å². The average Bonchev–Trinajstić information content (AvgIpc) is 2.63. The summed E-state index contributed by atoms with van der Waals surface area (Å²) in [5, 5.41) is 4.74. The van der Waals surface area contributed by atoms with Crippen molar-refractivity contribution in [2.75, 3.05) is 13.7 Å². The van der Waals surface area contributed by atoms with Crippen molar-refractivity contribution in [3.8, 4) is 0 Å². The summed E-state index contributed by atoms with van der Waals surface area (Å²) in [7, 11) is 1.47. The molecule has 0 aliphatic heterocycles. The highest BCUT2D eigenvalue weighted by Gasteiger charge is 2.14. The number of rotatable bonds is 5. The molecular formula is C9H14BrClN2O2S. The number of ether oxygens (including phenoxy) is 1. The molecule has 0 aliphatic carbocycles. The van der Waals surface area contributed by atoms with Crippen molar-refractivity contribution in [3.05, 3.63) is 20.8 Å². The van der Waals surface area contributed by atoms with Gasteiger partial charge in [0.25, 0.3) is 5.91 Å². The standard InChI is InChI=1S/C9H13BrN2O2S.ClH/c1-14-7(3-11)9(13)12-4-6-2-8(10)15-5-6;/h2,5,7H,3-4,11H2,1H3,(H,12,13);1H. The lowest BCUT2D eigenvalue weighted by molar-refractivity contribution is -0.130. The molecule has 1 atom stereocenters. The van der Waals surface area contributed by atoms with Gasteiger partial charge >= 0.3 is 0 Å². The summed E-state index contributed by atoms with van der Waals surface area (Å²) in [6.45, 7) is 0.691. The maximum Gasteiger partial charge on any atom is 0.250 e. The smallest absolute Gasteiger partial charge is 0.250 e. The molecule has 4 nitrogen and oxygen atoms in total. The van der Waals surface area contributed by atoms with Crippen molar-refractivity contribution in [1.29, 1.82) is 0 Å². The van der Waals surface area contributed by atoms with Crippen LogP contribution in [0.4, 0.5) is 0 Å². The van der Waals surface area contributed by atoms with E-state index in [0.717, 1.165) is 9.35 Å². The number of carbonyl (C=O) groups is 1. The highest BCUT2D eigenvalue weighted by Crippen LogP contribution is 2.20. The lowest BCUT2D eigenvalue weighted by Gasteiger charge is -2.12. The quantitative estimate of drug-likeness (QED) is 0.861. The zero-order chi connectivity index (χ0) is 11.3. The Balaban J connectivity index is 0.00000225. The van der Waals surface area contributed by atoms with Crippen LogP contribution in [0.25, 0.3) is 0 Å². The Bertz CT molecular complexity index is 331. The van der Waals surface area contributed by atoms with Crippen molar-refractivity contribution in [1.82, 2.24) is 5.32 Å². The van der Waals surface area contributed by atoms with Gasteiger partial charge < -0.3 is 15.8 Å². The molecule has 0 spiro atoms. The summed E-state index contributed by atoms with van der Waals surface area (Å²) in [4.78, 5) is 11.5. The van der Waals surface area contributed by atoms with E-state index in [1.807, 2.05) is 11.4 Å². The number of nitrogens with two attached hydrogens (primary N) is 1. The van der Waals surface area contributed by atoms with Crippen molar-refractivity contribution < 1.29 is 9.53 Å². The van der Waals surface area contributed by atoms with Gasteiger partial charge in [0, 0.05) is 20.2 Å². The van der Waals surface area contributed by atoms with Crippen LogP contribution in [-0.4, -0.2) is 25.7 Å². The van der Waals surface area contributed by atoms with Crippen molar-refractivity contribution in [2.24, 2.45) is 5.73 Å². The number of hydrogen-bond donors (Lipinski definition) is 2. The predicted molar refractivity (Wildman–Crippen MR) is 71.0 cm³/mol. The molecule has 7 heteroatoms. The molecule has 1 unspecified atom stereocenters. The van der Waals surface area contributed by atoms with E-state index in [2.05, 4.69) is 21.2 Å². The first-order valence-corrected chi connectivity index (χ1v) is 6.08. The third-order valence-electron chi connectivity index (χ3n) is 1.88. The van der Waals surface area contributed by atoms with Crippen LogP contribution in [0.3, 0.4) is 0 Å². The minimum absolute atomic E-state index is 0. The lowest BCUT2D eigenvalue weighted by Crippen LogP contribution is -2.40. The largest absolute Gasteiger partial charge is 0.370 e. The molecule has 1 amide bonds. The summed E-state index contributed by atoms with van der Waals surface area (Å²) < 4.78 is 5.96. The second-order valence-electron chi connectivity index (χ2n) is 2.94. The third-order valence-corrected chi connectivity index (χ3v) is 3.43. The van der Waals surface area contributed by atoms with Crippen LogP contribution >= 0.6 is 39.7 Å². The van der Waals surface area contributed by atoms with Gasteiger partial charge in [-0.3, -0.25) is 4.79 Å². The zero-order valence-electron chi connectivity index (χ0n) is 8.73. The fraction of sp³-hybridized carbons (Fsp3) is 0.444. The van der Waals surface area contributed by atoms with E-state index in [0.29, 0.717) is 6.54 Å². The average molecular weight is 330 g/mol. The first-order valence-electron chi connectivity index (χ1n) is 4.41. The second kappa shape index (κ2) is 8.03. The summed E-state index contributed by atoms with van der Waals surface area (Å²) in [5.41, 5.74) is 6.43. The van der Waals surface area contributed by atoms with Crippen LogP contribution in [-0.2, 0) is 16.1 Å². The Morgan fingerprint density at radius 3 is 2.88 bits per heavy atom. The van der Waals surface area contributed by atoms with Crippen molar-refractivity contribution >= 4 is 45.6 Å². The summed E-state index contributed by atoms with van der Waals surface area (Å²) in [6.07, 6.45) is -0.563. The molecule has 0 saturated carbocycles. The molecule has 0 aromatic carbocycles. The van der Waals surface area contributed by atoms with Crippen LogP contribution in [0.2, 0.25) is 0 Å². The molecule has 0 saturated heterocycles. The monoisotopic (exact) mass is 328 g/mol. The molecule has 0 aliphatic rings. The minimum atomic E-state index is -0.563. The molecule has 0 fully saturated rings. The van der Waals surface area contributed by atoms with Crippen LogP contribution in [0.1, 0.15) is 5.56 Å². The molecule has 1 rings (SSSR count). The maximum absolute atomic E-state index is 11.5. The summed E-state index contributed by atoms with van der Waals surface area (Å²) in [5.74, 6) is -0.178. The maximum atomic E-state index is 11.5. The van der Waals surface area contributed by atoms with Gasteiger partial charge in [0.05, 0.1) is 3.79 Å². The number of amides is 1. The third kappa shape index (κ3) is 4.80. The molecule has 0 radical (unpaired) electrons. The first-order chi connectivity index (χ1) is 7.17. The van der Waals surface area contributed by atoms with Gasteiger partial charge in [-0.25, -0.2) is 0 Å². The minimum Gasteiger partial charge on any atom is -0.370 e. The molecular weight excluding hydrogens is 316 g/mol. The van der Waals surface area contributed by atoms with E-state index in [1.54, 1.807) is 11.3 Å². The van der Waals surface area contributed by atoms with Gasteiger partial charge in [0.2, 0.25) is 0 Å². The van der Waals surface area contributed by atoms with Gasteiger partial charge in [-0.2, -0.15) is 0 Å². The highest BCUT2D eigenvalue weighted by molar-refractivity contribution is 9.11. The molecule has 1 aromatic rings. The Hall–Kier alpha value is -0.140. The van der Waals surface area contributed by atoms with E-state index >= 15 is 0 Å². The number of nitrogens with one attached hydrogen (secondary N) is 1. The van der Waals surface area contributed by atoms with E-state index < -0.39 is 6.10 Å². The fourth-order valence-electron chi connectivity index (χ4n) is 1.05. The van der Waals surface area contributed by atoms with Crippen LogP contribution in [0, 0.1) is 0 Å². The highest BCUT2D eigenvalue weighted by atomic mass is 79.9. The van der Waals surface area contributed by atoms with E-state index in [-0.39, 0.29) is 24.9 Å². The summed E-state index contributed by atoms with van der Waals surface area (Å²) >= 11 is 4.94. The number of halogens is 2. The Kier molecular flexibility index (Phi) is 7.96. The molecule has 92 valence electrons. The topological polar surface area (TPSA) is 64.3 Å². The number of hydrogen-bond acceptors (Lipinski definition) is 4. The molecule has 16 heavy (non-hydrogen) atoms. The Morgan fingerprint density at radius 2 is 2.44 bits per heavy atom. The van der Waals surface area contributed by atoms with E-state index in [4.69, 9.17) is 10.5 Å². The van der Waals surface area contributed by atoms with Crippen molar-refractivity contribution in [2.45, 2.75) is 12.6 Å². The molecule has 3 N–H and O–H groups in total. The first kappa shape index (κ1) is 15.9. The molecule has 0 bridgehead atoms. The summed E-state index contributed by atoms with van der Waals surface area (Å²) in [6, 6.07) is 1.97. The number of thiophene rings is 1. The van der Waals surface area contributed by atoms with Crippen molar-refractivity contribution in [3.63, 3.8) is 0 Å². The van der Waals surface area contributed by atoms with Crippen LogP contribution in [0.15, 0.2) is 15.2 Å². The predicted octanol–water partition coefficient (Wildman–Crippen LogP) is 1.52. The fourth-order valence-corrected chi connectivity index (χ4v) is 2.26. The Morgan fingerprint density at radius 1 is 1.75 bits per heavy atom. The van der Waals surface area contributed by atoms with Gasteiger partial charge in [0.15, 0.2) is 0 Å². The number of methoxy groups -OCH3 is 1. The van der Waals surface area contributed by atoms with Crippen LogP contribution in [0.5, 0.6) is 0 Å². The van der Waals surface area contributed by atoms with E-state index in [9.17, 15) is 4.79 Å². The zero-order valence-corrected chi connectivity index (χ0v) is 12.0. The lowest BCUT2D eigenvalue weighted by atomic mass is 10.3. The normalized spacial score (nSPS) is 11.7.